The minimum atomic E-state index is -1.10. The molecule has 7 heteroatoms. The zero-order valence-electron chi connectivity index (χ0n) is 9.89. The van der Waals surface area contributed by atoms with Crippen molar-refractivity contribution < 1.29 is 14.7 Å². The van der Waals surface area contributed by atoms with Crippen molar-refractivity contribution in [3.8, 4) is 0 Å². The van der Waals surface area contributed by atoms with Gasteiger partial charge in [0.15, 0.2) is 0 Å². The molecule has 0 spiro atoms. The normalized spacial score (nSPS) is 10.2. The maximum absolute atomic E-state index is 11.9. The highest BCUT2D eigenvalue weighted by Gasteiger charge is 2.18. The van der Waals surface area contributed by atoms with Crippen LogP contribution in [0.15, 0.2) is 28.5 Å². The highest BCUT2D eigenvalue weighted by molar-refractivity contribution is 7.12. The molecule has 0 saturated carbocycles. The fourth-order valence-electron chi connectivity index (χ4n) is 1.53. The van der Waals surface area contributed by atoms with Crippen LogP contribution >= 0.6 is 11.3 Å². The molecule has 0 radical (unpaired) electrons. The number of rotatable bonds is 3. The molecule has 2 heterocycles. The molecule has 0 bridgehead atoms. The number of H-pyrrole nitrogens is 1. The molecule has 0 unspecified atom stereocenters. The van der Waals surface area contributed by atoms with Crippen LogP contribution in [-0.4, -0.2) is 22.0 Å². The van der Waals surface area contributed by atoms with Crippen LogP contribution in [0, 0.1) is 6.92 Å². The first kappa shape index (κ1) is 13.0. The monoisotopic (exact) mass is 278 g/mol. The summed E-state index contributed by atoms with van der Waals surface area (Å²) in [5, 5.41) is 13.2. The Morgan fingerprint density at radius 2 is 2.16 bits per heavy atom. The van der Waals surface area contributed by atoms with E-state index in [1.165, 1.54) is 12.3 Å². The Hall–Kier alpha value is -2.41. The molecule has 0 fully saturated rings. The highest BCUT2D eigenvalue weighted by atomic mass is 32.1. The largest absolute Gasteiger partial charge is 0.477 e. The minimum Gasteiger partial charge on any atom is -0.477 e. The summed E-state index contributed by atoms with van der Waals surface area (Å²) in [6, 6.07) is 2.59. The van der Waals surface area contributed by atoms with Gasteiger partial charge in [0, 0.05) is 17.8 Å². The second-order valence-corrected chi connectivity index (χ2v) is 4.70. The second-order valence-electron chi connectivity index (χ2n) is 3.82. The number of carbonyl (C=O) groups is 2. The van der Waals surface area contributed by atoms with Gasteiger partial charge in [-0.05, 0) is 23.9 Å². The second kappa shape index (κ2) is 5.07. The predicted molar refractivity (Wildman–Crippen MR) is 71.0 cm³/mol. The number of carbonyl (C=O) groups excluding carboxylic acids is 1. The number of thiophene rings is 1. The third-order valence-corrected chi connectivity index (χ3v) is 3.53. The van der Waals surface area contributed by atoms with Crippen LogP contribution in [0.3, 0.4) is 0 Å². The number of carboxylic acids is 1. The average Bonchev–Trinajstić information content (AvgIpc) is 2.71. The van der Waals surface area contributed by atoms with Crippen molar-refractivity contribution in [1.82, 2.24) is 4.98 Å². The molecule has 6 nitrogen and oxygen atoms in total. The summed E-state index contributed by atoms with van der Waals surface area (Å²) in [4.78, 5) is 36.5. The number of nitrogens with one attached hydrogen (secondary N) is 2. The topological polar surface area (TPSA) is 99.3 Å². The summed E-state index contributed by atoms with van der Waals surface area (Å²) in [5.74, 6) is -1.62. The van der Waals surface area contributed by atoms with Crippen molar-refractivity contribution in [3.05, 3.63) is 50.1 Å². The quantitative estimate of drug-likeness (QED) is 0.795. The van der Waals surface area contributed by atoms with Gasteiger partial charge in [0.2, 0.25) is 5.56 Å². The fourth-order valence-corrected chi connectivity index (χ4v) is 2.37. The van der Waals surface area contributed by atoms with Crippen LogP contribution in [-0.2, 0) is 0 Å². The molecular formula is C12H10N2O4S. The molecule has 98 valence electrons. The Kier molecular flexibility index (Phi) is 3.48. The van der Waals surface area contributed by atoms with Gasteiger partial charge in [-0.2, -0.15) is 0 Å². The standard InChI is InChI=1S/C12H10N2O4S/c1-6-5-19-10(12(17)18)9(6)14-11(16)7-2-3-13-8(15)4-7/h2-5H,1H3,(H,13,15)(H,14,16)(H,17,18). The Labute approximate surface area is 111 Å². The molecule has 0 aliphatic heterocycles. The number of hydrogen-bond acceptors (Lipinski definition) is 4. The van der Waals surface area contributed by atoms with Crippen molar-refractivity contribution in [2.24, 2.45) is 0 Å². The van der Waals surface area contributed by atoms with Crippen LogP contribution in [0.5, 0.6) is 0 Å². The third-order valence-electron chi connectivity index (χ3n) is 2.44. The van der Waals surface area contributed by atoms with Crippen molar-refractivity contribution in [2.45, 2.75) is 6.92 Å². The Balaban J connectivity index is 2.31. The van der Waals surface area contributed by atoms with Gasteiger partial charge in [0.25, 0.3) is 5.91 Å². The lowest BCUT2D eigenvalue weighted by molar-refractivity contribution is 0.0703. The first-order valence-corrected chi connectivity index (χ1v) is 6.18. The van der Waals surface area contributed by atoms with Gasteiger partial charge in [0.05, 0.1) is 5.69 Å². The number of aromatic amines is 1. The molecule has 2 aromatic rings. The Morgan fingerprint density at radius 1 is 1.42 bits per heavy atom. The third kappa shape index (κ3) is 2.71. The lowest BCUT2D eigenvalue weighted by Gasteiger charge is -2.05. The summed E-state index contributed by atoms with van der Waals surface area (Å²) in [6.45, 7) is 1.70. The Bertz CT molecular complexity index is 702. The lowest BCUT2D eigenvalue weighted by atomic mass is 10.2. The minimum absolute atomic E-state index is 0.0655. The van der Waals surface area contributed by atoms with Crippen LogP contribution in [0.1, 0.15) is 25.6 Å². The number of aromatic nitrogens is 1. The summed E-state index contributed by atoms with van der Waals surface area (Å²) in [6.07, 6.45) is 1.36. The maximum Gasteiger partial charge on any atom is 0.348 e. The number of amides is 1. The van der Waals surface area contributed by atoms with Gasteiger partial charge in [-0.25, -0.2) is 4.79 Å². The fraction of sp³-hybridized carbons (Fsp3) is 0.0833. The van der Waals surface area contributed by atoms with E-state index in [0.717, 1.165) is 17.4 Å². The van der Waals surface area contributed by atoms with Gasteiger partial charge in [0.1, 0.15) is 4.88 Å². The van der Waals surface area contributed by atoms with E-state index in [2.05, 4.69) is 10.3 Å². The maximum atomic E-state index is 11.9. The number of anilines is 1. The van der Waals surface area contributed by atoms with Gasteiger partial charge in [-0.1, -0.05) is 0 Å². The van der Waals surface area contributed by atoms with E-state index in [9.17, 15) is 14.4 Å². The first-order valence-electron chi connectivity index (χ1n) is 5.30. The zero-order chi connectivity index (χ0) is 14.0. The molecule has 1 amide bonds. The van der Waals surface area contributed by atoms with E-state index in [4.69, 9.17) is 5.11 Å². The van der Waals surface area contributed by atoms with Crippen molar-refractivity contribution in [2.75, 3.05) is 5.32 Å². The molecule has 0 saturated heterocycles. The summed E-state index contributed by atoms with van der Waals surface area (Å²) >= 11 is 1.04. The van der Waals surface area contributed by atoms with Gasteiger partial charge < -0.3 is 15.4 Å². The van der Waals surface area contributed by atoms with E-state index in [1.807, 2.05) is 0 Å². The van der Waals surface area contributed by atoms with E-state index >= 15 is 0 Å². The van der Waals surface area contributed by atoms with Crippen molar-refractivity contribution in [3.63, 3.8) is 0 Å². The van der Waals surface area contributed by atoms with Gasteiger partial charge in [-0.3, -0.25) is 9.59 Å². The number of pyridine rings is 1. The number of carboxylic acid groups (broad SMARTS) is 1. The molecule has 0 aromatic carbocycles. The van der Waals surface area contributed by atoms with E-state index in [-0.39, 0.29) is 16.1 Å². The van der Waals surface area contributed by atoms with Crippen molar-refractivity contribution in [1.29, 1.82) is 0 Å². The number of aryl methyl sites for hydroxylation is 1. The lowest BCUT2D eigenvalue weighted by Crippen LogP contribution is -2.17. The van der Waals surface area contributed by atoms with Crippen LogP contribution in [0.25, 0.3) is 0 Å². The summed E-state index contributed by atoms with van der Waals surface area (Å²) < 4.78 is 0. The number of hydrogen-bond donors (Lipinski definition) is 3. The number of aromatic carboxylic acids is 1. The molecule has 19 heavy (non-hydrogen) atoms. The molecule has 0 atom stereocenters. The highest BCUT2D eigenvalue weighted by Crippen LogP contribution is 2.27. The first-order chi connectivity index (χ1) is 8.99. The molecule has 2 rings (SSSR count). The van der Waals surface area contributed by atoms with Gasteiger partial charge >= 0.3 is 5.97 Å². The van der Waals surface area contributed by atoms with E-state index < -0.39 is 17.4 Å². The molecule has 0 aliphatic carbocycles. The SMILES string of the molecule is Cc1csc(C(=O)O)c1NC(=O)c1cc[nH]c(=O)c1. The van der Waals surface area contributed by atoms with Crippen LogP contribution in [0.4, 0.5) is 5.69 Å². The molecule has 0 aliphatic rings. The van der Waals surface area contributed by atoms with Crippen LogP contribution in [0.2, 0.25) is 0 Å². The predicted octanol–water partition coefficient (Wildman–Crippen LogP) is 1.70. The summed E-state index contributed by atoms with van der Waals surface area (Å²) in [5.41, 5.74) is 0.710. The van der Waals surface area contributed by atoms with Crippen LogP contribution < -0.4 is 10.9 Å². The Morgan fingerprint density at radius 3 is 2.79 bits per heavy atom. The van der Waals surface area contributed by atoms with Gasteiger partial charge in [-0.15, -0.1) is 11.3 Å². The average molecular weight is 278 g/mol. The zero-order valence-corrected chi connectivity index (χ0v) is 10.7. The molecule has 3 N–H and O–H groups in total. The summed E-state index contributed by atoms with van der Waals surface area (Å²) in [7, 11) is 0. The van der Waals surface area contributed by atoms with Crippen molar-refractivity contribution >= 4 is 28.9 Å². The van der Waals surface area contributed by atoms with E-state index in [1.54, 1.807) is 12.3 Å². The van der Waals surface area contributed by atoms with E-state index in [0.29, 0.717) is 5.56 Å². The molecule has 2 aromatic heterocycles. The molecular weight excluding hydrogens is 268 g/mol. The smallest absolute Gasteiger partial charge is 0.348 e.